The van der Waals surface area contributed by atoms with Crippen LogP contribution in [0.2, 0.25) is 0 Å². The van der Waals surface area contributed by atoms with E-state index in [2.05, 4.69) is 5.32 Å². The molecule has 1 fully saturated rings. The van der Waals surface area contributed by atoms with Crippen LogP contribution in [0.25, 0.3) is 0 Å². The molecule has 4 rings (SSSR count). The van der Waals surface area contributed by atoms with Gasteiger partial charge in [0, 0.05) is 29.6 Å². The summed E-state index contributed by atoms with van der Waals surface area (Å²) in [5.41, 5.74) is 0.737. The van der Waals surface area contributed by atoms with Crippen LogP contribution in [0.3, 0.4) is 0 Å². The van der Waals surface area contributed by atoms with Crippen LogP contribution in [0.5, 0.6) is 11.5 Å². The molecule has 0 bridgehead atoms. The molecule has 0 spiro atoms. The van der Waals surface area contributed by atoms with E-state index in [1.54, 1.807) is 22.3 Å². The summed E-state index contributed by atoms with van der Waals surface area (Å²) in [6, 6.07) is 9.35. The third kappa shape index (κ3) is 3.26. The summed E-state index contributed by atoms with van der Waals surface area (Å²) >= 11 is 1.61. The van der Waals surface area contributed by atoms with Gasteiger partial charge in [0.1, 0.15) is 13.2 Å². The third-order valence-electron chi connectivity index (χ3n) is 4.66. The lowest BCUT2D eigenvalue weighted by molar-refractivity contribution is -0.126. The van der Waals surface area contributed by atoms with Gasteiger partial charge in [0.05, 0.1) is 12.0 Å². The van der Waals surface area contributed by atoms with Gasteiger partial charge in [-0.15, -0.1) is 11.3 Å². The van der Waals surface area contributed by atoms with Crippen LogP contribution in [0.4, 0.5) is 5.69 Å². The normalized spacial score (nSPS) is 20.1. The fraction of sp³-hybridized carbons (Fsp3) is 0.368. The van der Waals surface area contributed by atoms with E-state index in [4.69, 9.17) is 9.47 Å². The lowest BCUT2D eigenvalue weighted by Gasteiger charge is -2.22. The molecule has 1 aromatic heterocycles. The number of benzene rings is 1. The number of anilines is 1. The Kier molecular flexibility index (Phi) is 4.55. The number of hydrogen-bond acceptors (Lipinski definition) is 5. The Hall–Kier alpha value is -2.54. The van der Waals surface area contributed by atoms with E-state index in [1.807, 2.05) is 36.6 Å². The lowest BCUT2D eigenvalue weighted by atomic mass is 10.1. The van der Waals surface area contributed by atoms with Crippen molar-refractivity contribution >= 4 is 28.8 Å². The standard InChI is InChI=1S/C19H20N2O4S/c1-12(17-3-2-8-26-17)20-19(23)13-9-18(22)21(11-13)14-4-5-15-16(10-14)25-7-6-24-15/h2-5,8,10,12-13H,6-7,9,11H2,1H3,(H,20,23)/t12-,13+/m0/s1. The molecule has 1 N–H and O–H groups in total. The van der Waals surface area contributed by atoms with Crippen LogP contribution in [0.15, 0.2) is 35.7 Å². The van der Waals surface area contributed by atoms with Gasteiger partial charge >= 0.3 is 0 Å². The van der Waals surface area contributed by atoms with Crippen LogP contribution in [-0.2, 0) is 9.59 Å². The van der Waals surface area contributed by atoms with Crippen molar-refractivity contribution in [2.45, 2.75) is 19.4 Å². The smallest absolute Gasteiger partial charge is 0.227 e. The summed E-state index contributed by atoms with van der Waals surface area (Å²) in [7, 11) is 0. The maximum absolute atomic E-state index is 12.6. The maximum atomic E-state index is 12.6. The summed E-state index contributed by atoms with van der Waals surface area (Å²) < 4.78 is 11.1. The summed E-state index contributed by atoms with van der Waals surface area (Å²) in [4.78, 5) is 27.8. The second-order valence-corrected chi connectivity index (χ2v) is 7.46. The van der Waals surface area contributed by atoms with Crippen LogP contribution < -0.4 is 19.7 Å². The highest BCUT2D eigenvalue weighted by atomic mass is 32.1. The molecule has 136 valence electrons. The highest BCUT2D eigenvalue weighted by Crippen LogP contribution is 2.36. The van der Waals surface area contributed by atoms with Crippen LogP contribution in [0, 0.1) is 5.92 Å². The Balaban J connectivity index is 1.44. The number of fused-ring (bicyclic) bond motifs is 1. The lowest BCUT2D eigenvalue weighted by Crippen LogP contribution is -2.34. The average molecular weight is 372 g/mol. The number of rotatable bonds is 4. The highest BCUT2D eigenvalue weighted by molar-refractivity contribution is 7.10. The highest BCUT2D eigenvalue weighted by Gasteiger charge is 2.36. The molecule has 3 heterocycles. The number of hydrogen-bond donors (Lipinski definition) is 1. The first-order chi connectivity index (χ1) is 12.6. The van der Waals surface area contributed by atoms with Gasteiger partial charge in [-0.1, -0.05) is 6.07 Å². The van der Waals surface area contributed by atoms with Gasteiger partial charge in [0.15, 0.2) is 11.5 Å². The number of thiophene rings is 1. The molecule has 7 heteroatoms. The van der Waals surface area contributed by atoms with Crippen molar-refractivity contribution in [3.8, 4) is 11.5 Å². The molecule has 0 radical (unpaired) electrons. The SMILES string of the molecule is C[C@H](NC(=O)[C@@H]1CC(=O)N(c2ccc3c(c2)OCCO3)C1)c1cccs1. The first kappa shape index (κ1) is 16.9. The number of nitrogens with one attached hydrogen (secondary N) is 1. The van der Waals surface area contributed by atoms with Crippen molar-refractivity contribution in [2.75, 3.05) is 24.7 Å². The largest absolute Gasteiger partial charge is 0.486 e. The molecule has 6 nitrogen and oxygen atoms in total. The number of ether oxygens (including phenoxy) is 2. The molecule has 2 atom stereocenters. The predicted octanol–water partition coefficient (Wildman–Crippen LogP) is 2.75. The van der Waals surface area contributed by atoms with Gasteiger partial charge in [0.25, 0.3) is 0 Å². The van der Waals surface area contributed by atoms with Gasteiger partial charge in [0.2, 0.25) is 11.8 Å². The topological polar surface area (TPSA) is 67.9 Å². The monoisotopic (exact) mass is 372 g/mol. The number of nitrogens with zero attached hydrogens (tertiary/aromatic N) is 1. The summed E-state index contributed by atoms with van der Waals surface area (Å²) in [5.74, 6) is 0.842. The minimum absolute atomic E-state index is 0.0504. The number of carbonyl (C=O) groups is 2. The fourth-order valence-electron chi connectivity index (χ4n) is 3.27. The van der Waals surface area contributed by atoms with Crippen LogP contribution in [-0.4, -0.2) is 31.6 Å². The van der Waals surface area contributed by atoms with Crippen LogP contribution >= 0.6 is 11.3 Å². The summed E-state index contributed by atoms with van der Waals surface area (Å²) in [6.45, 7) is 3.36. The van der Waals surface area contributed by atoms with Gasteiger partial charge < -0.3 is 19.7 Å². The summed E-state index contributed by atoms with van der Waals surface area (Å²) in [5, 5.41) is 5.00. The number of carbonyl (C=O) groups excluding carboxylic acids is 2. The van der Waals surface area contributed by atoms with Crippen molar-refractivity contribution in [1.82, 2.24) is 5.32 Å². The van der Waals surface area contributed by atoms with E-state index < -0.39 is 0 Å². The minimum Gasteiger partial charge on any atom is -0.486 e. The van der Waals surface area contributed by atoms with Crippen molar-refractivity contribution < 1.29 is 19.1 Å². The van der Waals surface area contributed by atoms with Gasteiger partial charge in [-0.3, -0.25) is 9.59 Å². The first-order valence-electron chi connectivity index (χ1n) is 8.65. The van der Waals surface area contributed by atoms with Crippen molar-refractivity contribution in [1.29, 1.82) is 0 Å². The summed E-state index contributed by atoms with van der Waals surface area (Å²) in [6.07, 6.45) is 0.220. The second kappa shape index (κ2) is 6.99. The van der Waals surface area contributed by atoms with Crippen molar-refractivity contribution in [3.05, 3.63) is 40.6 Å². The fourth-order valence-corrected chi connectivity index (χ4v) is 4.01. The Morgan fingerprint density at radius 3 is 2.85 bits per heavy atom. The van der Waals surface area contributed by atoms with E-state index in [0.717, 1.165) is 10.6 Å². The molecule has 1 saturated heterocycles. The molecule has 2 aromatic rings. The quantitative estimate of drug-likeness (QED) is 0.896. The zero-order chi connectivity index (χ0) is 18.1. The molecule has 26 heavy (non-hydrogen) atoms. The zero-order valence-electron chi connectivity index (χ0n) is 14.4. The predicted molar refractivity (Wildman–Crippen MR) is 98.8 cm³/mol. The molecule has 0 aliphatic carbocycles. The minimum atomic E-state index is -0.349. The van der Waals surface area contributed by atoms with E-state index in [0.29, 0.717) is 31.3 Å². The molecule has 0 saturated carbocycles. The third-order valence-corrected chi connectivity index (χ3v) is 5.72. The molecular formula is C19H20N2O4S. The molecule has 2 aliphatic heterocycles. The Bertz CT molecular complexity index is 821. The Labute approximate surface area is 155 Å². The van der Waals surface area contributed by atoms with Crippen LogP contribution in [0.1, 0.15) is 24.3 Å². The molecular weight excluding hydrogens is 352 g/mol. The molecule has 0 unspecified atom stereocenters. The van der Waals surface area contributed by atoms with E-state index >= 15 is 0 Å². The second-order valence-electron chi connectivity index (χ2n) is 6.48. The van der Waals surface area contributed by atoms with Gasteiger partial charge in [-0.05, 0) is 30.5 Å². The zero-order valence-corrected chi connectivity index (χ0v) is 15.3. The van der Waals surface area contributed by atoms with Crippen molar-refractivity contribution in [3.63, 3.8) is 0 Å². The Morgan fingerprint density at radius 1 is 1.27 bits per heavy atom. The van der Waals surface area contributed by atoms with Crippen molar-refractivity contribution in [2.24, 2.45) is 5.92 Å². The van der Waals surface area contributed by atoms with Gasteiger partial charge in [-0.25, -0.2) is 0 Å². The molecule has 1 aromatic carbocycles. The van der Waals surface area contributed by atoms with Gasteiger partial charge in [-0.2, -0.15) is 0 Å². The van der Waals surface area contributed by atoms with E-state index in [9.17, 15) is 9.59 Å². The molecule has 2 amide bonds. The first-order valence-corrected chi connectivity index (χ1v) is 9.53. The maximum Gasteiger partial charge on any atom is 0.227 e. The van der Waals surface area contributed by atoms with E-state index in [-0.39, 0.29) is 30.2 Å². The number of amides is 2. The van der Waals surface area contributed by atoms with E-state index in [1.165, 1.54) is 0 Å². The average Bonchev–Trinajstić information content (AvgIpc) is 3.31. The Morgan fingerprint density at radius 2 is 2.08 bits per heavy atom. The molecule has 2 aliphatic rings.